The molecule has 1 aromatic heterocycles. The van der Waals surface area contributed by atoms with Crippen molar-refractivity contribution in [3.63, 3.8) is 0 Å². The predicted molar refractivity (Wildman–Crippen MR) is 74.7 cm³/mol. The Bertz CT molecular complexity index is 668. The third-order valence-electron chi connectivity index (χ3n) is 2.67. The van der Waals surface area contributed by atoms with E-state index in [4.69, 9.17) is 16.3 Å². The molecule has 0 unspecified atom stereocenters. The molecule has 0 aliphatic carbocycles. The van der Waals surface area contributed by atoms with Crippen LogP contribution in [0.5, 0.6) is 0 Å². The van der Waals surface area contributed by atoms with E-state index in [1.165, 1.54) is 13.1 Å². The second-order valence-electron chi connectivity index (χ2n) is 4.19. The number of hydrogen-bond acceptors (Lipinski definition) is 4. The lowest BCUT2D eigenvalue weighted by Gasteiger charge is -2.08. The minimum Gasteiger partial charge on any atom is -0.354 e. The van der Waals surface area contributed by atoms with E-state index in [-0.39, 0.29) is 23.1 Å². The second kappa shape index (κ2) is 6.45. The fourth-order valence-corrected chi connectivity index (χ4v) is 1.96. The van der Waals surface area contributed by atoms with Crippen molar-refractivity contribution in [1.29, 1.82) is 0 Å². The van der Waals surface area contributed by atoms with Crippen molar-refractivity contribution in [1.82, 2.24) is 9.78 Å². The molecule has 1 heterocycles. The molecule has 0 aliphatic heterocycles. The molecule has 5 nitrogen and oxygen atoms in total. The maximum Gasteiger partial charge on any atom is 0.281 e. The highest BCUT2D eigenvalue weighted by Crippen LogP contribution is 2.10. The van der Waals surface area contributed by atoms with Crippen LogP contribution in [0.2, 0.25) is 5.02 Å². The molecule has 2 aromatic rings. The zero-order valence-corrected chi connectivity index (χ0v) is 11.6. The molecule has 0 aliphatic rings. The molecule has 0 atom stereocenters. The van der Waals surface area contributed by atoms with Crippen molar-refractivity contribution in [3.05, 3.63) is 63.0 Å². The number of carbonyl (C=O) groups excluding carboxylic acids is 1. The Morgan fingerprint density at radius 3 is 2.70 bits per heavy atom. The van der Waals surface area contributed by atoms with Crippen molar-refractivity contribution in [2.24, 2.45) is 0 Å². The van der Waals surface area contributed by atoms with E-state index < -0.39 is 5.56 Å². The molecule has 0 bridgehead atoms. The Balaban J connectivity index is 2.09. The van der Waals surface area contributed by atoms with Gasteiger partial charge in [0.15, 0.2) is 5.78 Å². The molecule has 0 fully saturated rings. The van der Waals surface area contributed by atoms with Crippen molar-refractivity contribution in [2.45, 2.75) is 20.3 Å². The van der Waals surface area contributed by atoms with Crippen molar-refractivity contribution < 1.29 is 9.53 Å². The molecular formula is C14H13ClN2O3. The summed E-state index contributed by atoms with van der Waals surface area (Å²) in [5.41, 5.74) is 0.379. The van der Waals surface area contributed by atoms with E-state index >= 15 is 0 Å². The lowest BCUT2D eigenvalue weighted by molar-refractivity contribution is 0.0525. The van der Waals surface area contributed by atoms with Gasteiger partial charge in [-0.3, -0.25) is 9.59 Å². The summed E-state index contributed by atoms with van der Waals surface area (Å²) in [7, 11) is 0. The van der Waals surface area contributed by atoms with E-state index in [0.717, 1.165) is 10.2 Å². The van der Waals surface area contributed by atoms with Gasteiger partial charge in [0.25, 0.3) is 5.56 Å². The third kappa shape index (κ3) is 3.31. The van der Waals surface area contributed by atoms with Gasteiger partial charge in [-0.1, -0.05) is 41.9 Å². The highest BCUT2D eigenvalue weighted by atomic mass is 35.5. The third-order valence-corrected chi connectivity index (χ3v) is 2.96. The molecular weight excluding hydrogens is 280 g/mol. The van der Waals surface area contributed by atoms with Crippen LogP contribution in [-0.4, -0.2) is 15.6 Å². The minimum absolute atomic E-state index is 0.0365. The van der Waals surface area contributed by atoms with Gasteiger partial charge in [0.1, 0.15) is 12.3 Å². The van der Waals surface area contributed by atoms with Crippen molar-refractivity contribution in [3.8, 4) is 0 Å². The Labute approximate surface area is 120 Å². The number of rotatable bonds is 5. The highest BCUT2D eigenvalue weighted by Gasteiger charge is 2.14. The Hall–Kier alpha value is -1.98. The second-order valence-corrected chi connectivity index (χ2v) is 4.60. The standard InChI is InChI=1S/C14H13ClN2O3/c1-10(18)13-12(15)7-16-17(14(13)19)9-20-8-11-5-3-2-4-6-11/h2-7H,8-9H2,1H3. The highest BCUT2D eigenvalue weighted by molar-refractivity contribution is 6.33. The molecule has 104 valence electrons. The van der Waals surface area contributed by atoms with E-state index in [2.05, 4.69) is 5.10 Å². The van der Waals surface area contributed by atoms with Gasteiger partial charge in [0.05, 0.1) is 17.8 Å². The summed E-state index contributed by atoms with van der Waals surface area (Å²) < 4.78 is 6.48. The first-order valence-electron chi connectivity index (χ1n) is 5.98. The molecule has 0 radical (unpaired) electrons. The smallest absolute Gasteiger partial charge is 0.281 e. The molecule has 0 amide bonds. The lowest BCUT2D eigenvalue weighted by atomic mass is 10.2. The summed E-state index contributed by atoms with van der Waals surface area (Å²) in [6, 6.07) is 9.55. The number of carbonyl (C=O) groups is 1. The Morgan fingerprint density at radius 2 is 2.05 bits per heavy atom. The van der Waals surface area contributed by atoms with Crippen molar-refractivity contribution >= 4 is 17.4 Å². The molecule has 0 saturated heterocycles. The zero-order valence-electron chi connectivity index (χ0n) is 10.9. The average molecular weight is 293 g/mol. The van der Waals surface area contributed by atoms with Crippen LogP contribution < -0.4 is 5.56 Å². The fraction of sp³-hybridized carbons (Fsp3) is 0.214. The number of ketones is 1. The Morgan fingerprint density at radius 1 is 1.35 bits per heavy atom. The number of ether oxygens (including phenoxy) is 1. The molecule has 2 rings (SSSR count). The molecule has 1 aromatic carbocycles. The first-order valence-corrected chi connectivity index (χ1v) is 6.35. The average Bonchev–Trinajstić information content (AvgIpc) is 2.42. The van der Waals surface area contributed by atoms with E-state index in [1.807, 2.05) is 30.3 Å². The van der Waals surface area contributed by atoms with Crippen LogP contribution >= 0.6 is 11.6 Å². The van der Waals surface area contributed by atoms with Gasteiger partial charge in [-0.05, 0) is 12.5 Å². The van der Waals surface area contributed by atoms with Gasteiger partial charge in [-0.15, -0.1) is 0 Å². The molecule has 0 N–H and O–H groups in total. The van der Waals surface area contributed by atoms with Crippen LogP contribution in [0.15, 0.2) is 41.3 Å². The minimum atomic E-state index is -0.543. The molecule has 20 heavy (non-hydrogen) atoms. The summed E-state index contributed by atoms with van der Waals surface area (Å²) in [6.45, 7) is 1.61. The summed E-state index contributed by atoms with van der Waals surface area (Å²) in [4.78, 5) is 23.4. The number of hydrogen-bond donors (Lipinski definition) is 0. The quantitative estimate of drug-likeness (QED) is 0.793. The van der Waals surface area contributed by atoms with Crippen LogP contribution in [0, 0.1) is 0 Å². The maximum atomic E-state index is 12.0. The van der Waals surface area contributed by atoms with Gasteiger partial charge < -0.3 is 4.74 Å². The maximum absolute atomic E-state index is 12.0. The van der Waals surface area contributed by atoms with Crippen LogP contribution in [0.3, 0.4) is 0 Å². The number of benzene rings is 1. The Kier molecular flexibility index (Phi) is 4.65. The monoisotopic (exact) mass is 292 g/mol. The largest absolute Gasteiger partial charge is 0.354 e. The molecule has 0 saturated carbocycles. The normalized spacial score (nSPS) is 10.5. The van der Waals surface area contributed by atoms with Crippen LogP contribution in [-0.2, 0) is 18.1 Å². The number of aromatic nitrogens is 2. The van der Waals surface area contributed by atoms with E-state index in [0.29, 0.717) is 6.61 Å². The zero-order chi connectivity index (χ0) is 14.5. The van der Waals surface area contributed by atoms with Gasteiger partial charge in [-0.25, -0.2) is 4.68 Å². The van der Waals surface area contributed by atoms with E-state index in [1.54, 1.807) is 0 Å². The van der Waals surface area contributed by atoms with Gasteiger partial charge in [-0.2, -0.15) is 5.10 Å². The van der Waals surface area contributed by atoms with Crippen LogP contribution in [0.1, 0.15) is 22.8 Å². The van der Waals surface area contributed by atoms with Gasteiger partial charge >= 0.3 is 0 Å². The summed E-state index contributed by atoms with van der Waals surface area (Å²) in [6.07, 6.45) is 1.27. The van der Waals surface area contributed by atoms with Gasteiger partial charge in [0.2, 0.25) is 0 Å². The predicted octanol–water partition coefficient (Wildman–Crippen LogP) is 2.27. The van der Waals surface area contributed by atoms with Gasteiger partial charge in [0, 0.05) is 0 Å². The topological polar surface area (TPSA) is 61.2 Å². The number of Topliss-reactive ketones (excluding diaryl/α,β-unsaturated/α-hetero) is 1. The van der Waals surface area contributed by atoms with Crippen LogP contribution in [0.25, 0.3) is 0 Å². The van der Waals surface area contributed by atoms with Crippen LogP contribution in [0.4, 0.5) is 0 Å². The number of nitrogens with zero attached hydrogens (tertiary/aromatic N) is 2. The summed E-state index contributed by atoms with van der Waals surface area (Å²) >= 11 is 5.79. The summed E-state index contributed by atoms with van der Waals surface area (Å²) in [5, 5.41) is 3.90. The number of halogens is 1. The first-order chi connectivity index (χ1) is 9.59. The first kappa shape index (κ1) is 14.4. The molecule has 6 heteroatoms. The van der Waals surface area contributed by atoms with Crippen molar-refractivity contribution in [2.75, 3.05) is 0 Å². The fourth-order valence-electron chi connectivity index (χ4n) is 1.70. The lowest BCUT2D eigenvalue weighted by Crippen LogP contribution is -2.29. The van der Waals surface area contributed by atoms with E-state index in [9.17, 15) is 9.59 Å². The molecule has 0 spiro atoms. The summed E-state index contributed by atoms with van der Waals surface area (Å²) in [5.74, 6) is -0.390. The SMILES string of the molecule is CC(=O)c1c(Cl)cnn(COCc2ccccc2)c1=O.